The van der Waals surface area contributed by atoms with Crippen LogP contribution in [0.4, 0.5) is 0 Å². The lowest BCUT2D eigenvalue weighted by Crippen LogP contribution is -1.90. The summed E-state index contributed by atoms with van der Waals surface area (Å²) >= 11 is 3.19. The minimum atomic E-state index is 0.348. The van der Waals surface area contributed by atoms with Gasteiger partial charge in [0, 0.05) is 0 Å². The molecule has 0 atom stereocenters. The first-order valence-electron chi connectivity index (χ1n) is 2.51. The topological polar surface area (TPSA) is 9.23 Å². The van der Waals surface area contributed by atoms with Crippen LogP contribution in [0.5, 0.6) is 5.75 Å². The summed E-state index contributed by atoms with van der Waals surface area (Å²) < 4.78 is 5.15. The molecule has 1 aromatic carbocycles. The molecule has 0 unspecified atom stereocenters. The Kier molecular flexibility index (Phi) is 2.80. The van der Waals surface area contributed by atoms with Gasteiger partial charge in [0.25, 0.3) is 0 Å². The van der Waals surface area contributed by atoms with Crippen molar-refractivity contribution in [3.05, 3.63) is 30.3 Å². The normalized spacial score (nSPS) is 9.00. The molecule has 0 aromatic heterocycles. The van der Waals surface area contributed by atoms with Crippen LogP contribution in [0.2, 0.25) is 0 Å². The first-order valence-corrected chi connectivity index (χ1v) is 5.67. The van der Waals surface area contributed by atoms with Gasteiger partial charge in [0.05, 0.1) is 0 Å². The Morgan fingerprint density at radius 1 is 1.22 bits per heavy atom. The lowest BCUT2D eigenvalue weighted by atomic mass is 10.3. The molecule has 1 nitrogen and oxygen atoms in total. The molecule has 0 spiro atoms. The molecule has 1 aromatic rings. The van der Waals surface area contributed by atoms with E-state index < -0.39 is 0 Å². The van der Waals surface area contributed by atoms with Crippen molar-refractivity contribution >= 4 is 23.7 Å². The lowest BCUT2D eigenvalue weighted by molar-refractivity contribution is 0.612. The van der Waals surface area contributed by atoms with E-state index in [4.69, 9.17) is 4.43 Å². The van der Waals surface area contributed by atoms with Crippen molar-refractivity contribution in [1.29, 1.82) is 0 Å². The Balaban J connectivity index is 2.61. The molecule has 0 bridgehead atoms. The van der Waals surface area contributed by atoms with E-state index >= 15 is 0 Å². The summed E-state index contributed by atoms with van der Waals surface area (Å²) in [5, 5.41) is 0. The average molecular weight is 201 g/mol. The SMILES string of the molecule is Br[Si]Oc1ccccc1. The summed E-state index contributed by atoms with van der Waals surface area (Å²) in [7, 11) is 0.348. The van der Waals surface area contributed by atoms with Crippen LogP contribution in [0.3, 0.4) is 0 Å². The monoisotopic (exact) mass is 200 g/mol. The summed E-state index contributed by atoms with van der Waals surface area (Å²) in [6.07, 6.45) is 0. The minimum Gasteiger partial charge on any atom is -0.530 e. The maximum Gasteiger partial charge on any atom is 0.404 e. The predicted octanol–water partition coefficient (Wildman–Crippen LogP) is 1.99. The molecule has 0 aliphatic rings. The molecule has 46 valence electrons. The molecule has 0 aliphatic heterocycles. The van der Waals surface area contributed by atoms with Crippen LogP contribution in [0.15, 0.2) is 30.3 Å². The number of halogens is 1. The predicted molar refractivity (Wildman–Crippen MR) is 41.8 cm³/mol. The molecule has 2 radical (unpaired) electrons. The molecular weight excluding hydrogens is 196 g/mol. The second-order valence-electron chi connectivity index (χ2n) is 1.49. The van der Waals surface area contributed by atoms with E-state index in [0.717, 1.165) is 5.75 Å². The van der Waals surface area contributed by atoms with E-state index in [1.165, 1.54) is 0 Å². The minimum absolute atomic E-state index is 0.348. The van der Waals surface area contributed by atoms with Crippen LogP contribution in [-0.2, 0) is 0 Å². The molecule has 0 saturated carbocycles. The zero-order valence-corrected chi connectivity index (χ0v) is 7.26. The standard InChI is InChI=1S/C6H5BrOSi/c7-9-8-6-4-2-1-3-5-6/h1-5H. The molecule has 0 aliphatic carbocycles. The van der Waals surface area contributed by atoms with Crippen molar-refractivity contribution in [3.8, 4) is 5.75 Å². The van der Waals surface area contributed by atoms with Crippen molar-refractivity contribution in [1.82, 2.24) is 0 Å². The number of benzene rings is 1. The van der Waals surface area contributed by atoms with Gasteiger partial charge in [-0.15, -0.1) is 0 Å². The molecule has 9 heavy (non-hydrogen) atoms. The van der Waals surface area contributed by atoms with E-state index in [1.807, 2.05) is 30.3 Å². The average Bonchev–Trinajstić information content (AvgIpc) is 1.91. The molecule has 0 saturated heterocycles. The molecule has 0 heterocycles. The van der Waals surface area contributed by atoms with Crippen molar-refractivity contribution in [2.24, 2.45) is 0 Å². The highest BCUT2D eigenvalue weighted by Gasteiger charge is 1.86. The zero-order chi connectivity index (χ0) is 6.53. The highest BCUT2D eigenvalue weighted by atomic mass is 79.9. The first kappa shape index (κ1) is 6.83. The maximum atomic E-state index is 5.15. The van der Waals surface area contributed by atoms with Crippen molar-refractivity contribution in [2.75, 3.05) is 0 Å². The van der Waals surface area contributed by atoms with E-state index in [-0.39, 0.29) is 0 Å². The molecule has 1 rings (SSSR count). The van der Waals surface area contributed by atoms with Gasteiger partial charge in [-0.2, -0.15) is 0 Å². The summed E-state index contributed by atoms with van der Waals surface area (Å²) in [4.78, 5) is 0. The smallest absolute Gasteiger partial charge is 0.404 e. The van der Waals surface area contributed by atoms with Gasteiger partial charge >= 0.3 is 8.38 Å². The van der Waals surface area contributed by atoms with Crippen LogP contribution in [0, 0.1) is 0 Å². The largest absolute Gasteiger partial charge is 0.530 e. The highest BCUT2D eigenvalue weighted by Crippen LogP contribution is 2.07. The Morgan fingerprint density at radius 3 is 2.44 bits per heavy atom. The van der Waals surface area contributed by atoms with Crippen molar-refractivity contribution in [2.45, 2.75) is 0 Å². The van der Waals surface area contributed by atoms with Gasteiger partial charge in [-0.25, -0.2) is 0 Å². The van der Waals surface area contributed by atoms with E-state index in [2.05, 4.69) is 15.3 Å². The summed E-state index contributed by atoms with van der Waals surface area (Å²) in [5.74, 6) is 0.910. The maximum absolute atomic E-state index is 5.15. The summed E-state index contributed by atoms with van der Waals surface area (Å²) in [6.45, 7) is 0. The number of hydrogen-bond donors (Lipinski definition) is 0. The molecule has 0 fully saturated rings. The molecular formula is C6H5BrOSi. The van der Waals surface area contributed by atoms with E-state index in [1.54, 1.807) is 0 Å². The second-order valence-corrected chi connectivity index (χ2v) is 2.82. The second kappa shape index (κ2) is 3.69. The third-order valence-electron chi connectivity index (χ3n) is 0.900. The first-order chi connectivity index (χ1) is 4.43. The number of para-hydroxylation sites is 1. The van der Waals surface area contributed by atoms with Crippen LogP contribution < -0.4 is 4.43 Å². The quantitative estimate of drug-likeness (QED) is 0.525. The molecule has 0 amide bonds. The fourth-order valence-electron chi connectivity index (χ4n) is 0.533. The van der Waals surface area contributed by atoms with Gasteiger partial charge in [-0.05, 0) is 12.1 Å². The van der Waals surface area contributed by atoms with Crippen molar-refractivity contribution in [3.63, 3.8) is 0 Å². The van der Waals surface area contributed by atoms with Gasteiger partial charge in [0.2, 0.25) is 0 Å². The van der Waals surface area contributed by atoms with Crippen LogP contribution in [0.1, 0.15) is 0 Å². The zero-order valence-electron chi connectivity index (χ0n) is 4.67. The summed E-state index contributed by atoms with van der Waals surface area (Å²) in [6, 6.07) is 9.71. The van der Waals surface area contributed by atoms with Crippen LogP contribution >= 0.6 is 15.3 Å². The van der Waals surface area contributed by atoms with Crippen molar-refractivity contribution < 1.29 is 4.43 Å². The van der Waals surface area contributed by atoms with E-state index in [0.29, 0.717) is 8.38 Å². The Hall–Kier alpha value is -0.283. The van der Waals surface area contributed by atoms with Gasteiger partial charge in [-0.3, -0.25) is 0 Å². The van der Waals surface area contributed by atoms with Gasteiger partial charge in [0.1, 0.15) is 5.75 Å². The van der Waals surface area contributed by atoms with Crippen LogP contribution in [-0.4, -0.2) is 8.38 Å². The Bertz CT molecular complexity index is 166. The van der Waals surface area contributed by atoms with Gasteiger partial charge in [-0.1, -0.05) is 33.5 Å². The fourth-order valence-corrected chi connectivity index (χ4v) is 1.32. The third kappa shape index (κ3) is 2.20. The van der Waals surface area contributed by atoms with Crippen LogP contribution in [0.25, 0.3) is 0 Å². The molecule has 3 heteroatoms. The van der Waals surface area contributed by atoms with Gasteiger partial charge < -0.3 is 4.43 Å². The molecule has 0 N–H and O–H groups in total. The third-order valence-corrected chi connectivity index (χ3v) is 1.70. The summed E-state index contributed by atoms with van der Waals surface area (Å²) in [5.41, 5.74) is 0. The lowest BCUT2D eigenvalue weighted by Gasteiger charge is -1.97. The Morgan fingerprint density at radius 2 is 1.89 bits per heavy atom. The van der Waals surface area contributed by atoms with E-state index in [9.17, 15) is 0 Å². The Labute approximate surface area is 64.6 Å². The van der Waals surface area contributed by atoms with Gasteiger partial charge in [0.15, 0.2) is 0 Å². The fraction of sp³-hybridized carbons (Fsp3) is 0. The number of rotatable bonds is 2. The highest BCUT2D eigenvalue weighted by molar-refractivity contribution is 9.23. The number of hydrogen-bond acceptors (Lipinski definition) is 1.